The predicted molar refractivity (Wildman–Crippen MR) is 76.4 cm³/mol. The lowest BCUT2D eigenvalue weighted by Crippen LogP contribution is -2.61. The predicted octanol–water partition coefficient (Wildman–Crippen LogP) is 1.26. The van der Waals surface area contributed by atoms with Crippen molar-refractivity contribution in [2.24, 2.45) is 11.7 Å². The maximum atomic E-state index is 11.9. The normalized spacial score (nSPS) is 29.7. The van der Waals surface area contributed by atoms with Crippen LogP contribution in [0, 0.1) is 5.92 Å². The molecule has 1 rings (SSSR count). The van der Waals surface area contributed by atoms with Crippen LogP contribution in [0.1, 0.15) is 40.0 Å². The van der Waals surface area contributed by atoms with E-state index in [9.17, 15) is 8.42 Å². The fourth-order valence-corrected chi connectivity index (χ4v) is 5.08. The topological polar surface area (TPSA) is 63.4 Å². The number of rotatable bonds is 5. The molecule has 0 aromatic heterocycles. The van der Waals surface area contributed by atoms with E-state index in [1.54, 1.807) is 0 Å². The maximum absolute atomic E-state index is 11.9. The van der Waals surface area contributed by atoms with Crippen LogP contribution in [0.15, 0.2) is 0 Å². The van der Waals surface area contributed by atoms with Crippen LogP contribution in [-0.2, 0) is 9.84 Å². The first-order chi connectivity index (χ1) is 8.22. The van der Waals surface area contributed by atoms with Gasteiger partial charge in [-0.1, -0.05) is 13.8 Å². The zero-order valence-corrected chi connectivity index (χ0v) is 13.0. The van der Waals surface area contributed by atoms with Gasteiger partial charge in [-0.2, -0.15) is 0 Å². The molecule has 0 aromatic rings. The molecule has 5 heteroatoms. The third-order valence-electron chi connectivity index (χ3n) is 4.19. The fraction of sp³-hybridized carbons (Fsp3) is 1.00. The van der Waals surface area contributed by atoms with Crippen molar-refractivity contribution >= 4 is 9.84 Å². The molecule has 1 fully saturated rings. The van der Waals surface area contributed by atoms with E-state index in [0.29, 0.717) is 24.3 Å². The Bertz CT molecular complexity index is 367. The minimum atomic E-state index is -2.93. The monoisotopic (exact) mass is 276 g/mol. The molecule has 1 saturated heterocycles. The van der Waals surface area contributed by atoms with E-state index in [4.69, 9.17) is 5.73 Å². The molecule has 1 heterocycles. The number of nitrogens with two attached hydrogens (primary N) is 1. The summed E-state index contributed by atoms with van der Waals surface area (Å²) in [5, 5.41) is 0. The molecule has 1 aliphatic rings. The third kappa shape index (κ3) is 3.68. The molecule has 108 valence electrons. The quantitative estimate of drug-likeness (QED) is 0.821. The van der Waals surface area contributed by atoms with Gasteiger partial charge in [-0.25, -0.2) is 8.42 Å². The molecule has 18 heavy (non-hydrogen) atoms. The van der Waals surface area contributed by atoms with Crippen LogP contribution in [0.3, 0.4) is 0 Å². The Morgan fingerprint density at radius 1 is 1.33 bits per heavy atom. The summed E-state index contributed by atoms with van der Waals surface area (Å²) in [6, 6.07) is 0.363. The van der Waals surface area contributed by atoms with Crippen molar-refractivity contribution in [1.82, 2.24) is 4.90 Å². The number of nitrogens with zero attached hydrogens (tertiary/aromatic N) is 1. The van der Waals surface area contributed by atoms with Gasteiger partial charge in [0.1, 0.15) is 0 Å². The van der Waals surface area contributed by atoms with Crippen LogP contribution in [0.5, 0.6) is 0 Å². The number of hydrogen-bond donors (Lipinski definition) is 1. The molecular weight excluding hydrogens is 248 g/mol. The second-order valence-electron chi connectivity index (χ2n) is 6.21. The van der Waals surface area contributed by atoms with Crippen molar-refractivity contribution < 1.29 is 8.42 Å². The lowest BCUT2D eigenvalue weighted by Gasteiger charge is -2.46. The molecular formula is C13H28N2O2S. The first-order valence-corrected chi connectivity index (χ1v) is 8.68. The molecule has 2 N–H and O–H groups in total. The molecule has 2 atom stereocenters. The smallest absolute Gasteiger partial charge is 0.152 e. The van der Waals surface area contributed by atoms with Crippen LogP contribution in [0.2, 0.25) is 0 Å². The highest BCUT2D eigenvalue weighted by molar-refractivity contribution is 7.91. The molecule has 4 nitrogen and oxygen atoms in total. The van der Waals surface area contributed by atoms with E-state index in [1.165, 1.54) is 0 Å². The van der Waals surface area contributed by atoms with Gasteiger partial charge in [0.25, 0.3) is 0 Å². The molecule has 0 amide bonds. The largest absolute Gasteiger partial charge is 0.329 e. The minimum Gasteiger partial charge on any atom is -0.329 e. The average molecular weight is 276 g/mol. The first kappa shape index (κ1) is 15.9. The Balaban J connectivity index is 2.86. The van der Waals surface area contributed by atoms with Crippen LogP contribution < -0.4 is 5.73 Å². The van der Waals surface area contributed by atoms with E-state index < -0.39 is 9.84 Å². The summed E-state index contributed by atoms with van der Waals surface area (Å²) < 4.78 is 23.8. The van der Waals surface area contributed by atoms with Crippen LogP contribution in [-0.4, -0.2) is 50.0 Å². The molecule has 0 radical (unpaired) electrons. The van der Waals surface area contributed by atoms with Gasteiger partial charge in [0, 0.05) is 18.1 Å². The minimum absolute atomic E-state index is 0.218. The molecule has 0 aromatic carbocycles. The van der Waals surface area contributed by atoms with Crippen molar-refractivity contribution in [1.29, 1.82) is 0 Å². The molecule has 1 aliphatic heterocycles. The molecule has 0 saturated carbocycles. The Labute approximate surface area is 112 Å². The summed E-state index contributed by atoms with van der Waals surface area (Å²) in [7, 11) is -0.903. The zero-order valence-electron chi connectivity index (χ0n) is 12.1. The molecule has 0 aliphatic carbocycles. The van der Waals surface area contributed by atoms with Crippen LogP contribution in [0.4, 0.5) is 0 Å². The van der Waals surface area contributed by atoms with Gasteiger partial charge >= 0.3 is 0 Å². The Hall–Kier alpha value is -0.130. The Morgan fingerprint density at radius 3 is 2.39 bits per heavy atom. The summed E-state index contributed by atoms with van der Waals surface area (Å²) in [4.78, 5) is 2.21. The highest BCUT2D eigenvalue weighted by Gasteiger charge is 2.42. The van der Waals surface area contributed by atoms with E-state index in [0.717, 1.165) is 19.3 Å². The average Bonchev–Trinajstić information content (AvgIpc) is 2.25. The summed E-state index contributed by atoms with van der Waals surface area (Å²) >= 11 is 0. The van der Waals surface area contributed by atoms with Gasteiger partial charge in [-0.05, 0) is 39.2 Å². The zero-order chi connectivity index (χ0) is 14.0. The van der Waals surface area contributed by atoms with Crippen molar-refractivity contribution in [2.75, 3.05) is 25.1 Å². The summed E-state index contributed by atoms with van der Waals surface area (Å²) in [6.07, 6.45) is 2.69. The molecule has 0 bridgehead atoms. The van der Waals surface area contributed by atoms with E-state index in [2.05, 4.69) is 25.7 Å². The first-order valence-electron chi connectivity index (χ1n) is 6.86. The molecule has 2 unspecified atom stereocenters. The highest BCUT2D eigenvalue weighted by atomic mass is 32.2. The van der Waals surface area contributed by atoms with Gasteiger partial charge in [-0.15, -0.1) is 0 Å². The molecule has 0 spiro atoms. The van der Waals surface area contributed by atoms with Crippen molar-refractivity contribution in [2.45, 2.75) is 51.6 Å². The third-order valence-corrected chi connectivity index (χ3v) is 6.08. The van der Waals surface area contributed by atoms with Crippen molar-refractivity contribution in [3.05, 3.63) is 0 Å². The van der Waals surface area contributed by atoms with Gasteiger partial charge in [0.15, 0.2) is 9.84 Å². The van der Waals surface area contributed by atoms with Crippen LogP contribution in [0.25, 0.3) is 0 Å². The van der Waals surface area contributed by atoms with Gasteiger partial charge in [-0.3, -0.25) is 4.90 Å². The lowest BCUT2D eigenvalue weighted by molar-refractivity contribution is 0.0802. The highest BCUT2D eigenvalue weighted by Crippen LogP contribution is 2.30. The van der Waals surface area contributed by atoms with E-state index in [-0.39, 0.29) is 11.3 Å². The van der Waals surface area contributed by atoms with E-state index >= 15 is 0 Å². The van der Waals surface area contributed by atoms with Crippen molar-refractivity contribution in [3.8, 4) is 0 Å². The van der Waals surface area contributed by atoms with E-state index in [1.807, 2.05) is 7.05 Å². The number of likely N-dealkylation sites (N-methyl/N-ethyl adjacent to an activating group) is 1. The second-order valence-corrected chi connectivity index (χ2v) is 8.40. The summed E-state index contributed by atoms with van der Waals surface area (Å²) in [5.41, 5.74) is 5.57. The number of hydrogen-bond acceptors (Lipinski definition) is 4. The summed E-state index contributed by atoms with van der Waals surface area (Å²) in [6.45, 7) is 6.97. The van der Waals surface area contributed by atoms with Crippen molar-refractivity contribution in [3.63, 3.8) is 0 Å². The van der Waals surface area contributed by atoms with Crippen LogP contribution >= 0.6 is 0 Å². The van der Waals surface area contributed by atoms with Gasteiger partial charge in [0.05, 0.1) is 11.5 Å². The fourth-order valence-electron chi connectivity index (χ4n) is 3.07. The Morgan fingerprint density at radius 2 is 1.94 bits per heavy atom. The Kier molecular flexibility index (Phi) is 5.21. The standard InChI is InChI=1S/C13H28N2O2S/c1-11(2)8-12(3)15(4)13(9-14)6-5-7-18(16,17)10-13/h11-12H,5-10,14H2,1-4H3. The maximum Gasteiger partial charge on any atom is 0.152 e. The van der Waals surface area contributed by atoms with Gasteiger partial charge < -0.3 is 5.73 Å². The SMILES string of the molecule is CC(C)CC(C)N(C)C1(CN)CCCS(=O)(=O)C1. The van der Waals surface area contributed by atoms with Gasteiger partial charge in [0.2, 0.25) is 0 Å². The lowest BCUT2D eigenvalue weighted by atomic mass is 9.90. The second kappa shape index (κ2) is 5.88. The summed E-state index contributed by atoms with van der Waals surface area (Å²) in [5.74, 6) is 1.15. The number of sulfone groups is 1.